The molecule has 3 rings (SSSR count). The van der Waals surface area contributed by atoms with Crippen molar-refractivity contribution in [1.82, 2.24) is 5.32 Å². The number of anilines is 1. The highest BCUT2D eigenvalue weighted by Gasteiger charge is 2.25. The Bertz CT molecular complexity index is 483. The number of rotatable bonds is 3. The summed E-state index contributed by atoms with van der Waals surface area (Å²) in [7, 11) is 0. The molecule has 1 heterocycles. The Labute approximate surface area is 106 Å². The predicted molar refractivity (Wildman–Crippen MR) is 67.8 cm³/mol. The summed E-state index contributed by atoms with van der Waals surface area (Å²) in [5, 5.41) is 5.91. The van der Waals surface area contributed by atoms with Crippen molar-refractivity contribution >= 4 is 11.6 Å². The van der Waals surface area contributed by atoms with Crippen LogP contribution in [0.5, 0.6) is 0 Å². The Kier molecular flexibility index (Phi) is 3.04. The van der Waals surface area contributed by atoms with E-state index >= 15 is 0 Å². The first-order valence-corrected chi connectivity index (χ1v) is 6.55. The first-order valence-electron chi connectivity index (χ1n) is 6.55. The maximum Gasteiger partial charge on any atom is 0.224 e. The fourth-order valence-electron chi connectivity index (χ4n) is 2.42. The molecule has 1 saturated carbocycles. The molecule has 1 aliphatic carbocycles. The van der Waals surface area contributed by atoms with Crippen LogP contribution in [-0.2, 0) is 17.8 Å². The van der Waals surface area contributed by atoms with Gasteiger partial charge < -0.3 is 10.6 Å². The molecule has 0 unspecified atom stereocenters. The average molecular weight is 248 g/mol. The van der Waals surface area contributed by atoms with Crippen LogP contribution >= 0.6 is 0 Å². The number of carbonyl (C=O) groups excluding carboxylic acids is 1. The topological polar surface area (TPSA) is 41.1 Å². The van der Waals surface area contributed by atoms with Gasteiger partial charge in [0.25, 0.3) is 0 Å². The molecule has 4 heteroatoms. The number of amides is 1. The van der Waals surface area contributed by atoms with Crippen LogP contribution in [0, 0.1) is 11.7 Å². The van der Waals surface area contributed by atoms with Gasteiger partial charge in [-0.2, -0.15) is 0 Å². The lowest BCUT2D eigenvalue weighted by atomic mass is 9.99. The molecule has 2 N–H and O–H groups in total. The van der Waals surface area contributed by atoms with Gasteiger partial charge in [-0.05, 0) is 48.9 Å². The summed E-state index contributed by atoms with van der Waals surface area (Å²) in [4.78, 5) is 11.7. The molecule has 3 nitrogen and oxygen atoms in total. The van der Waals surface area contributed by atoms with Gasteiger partial charge >= 0.3 is 0 Å². The van der Waals surface area contributed by atoms with E-state index in [-0.39, 0.29) is 11.7 Å². The number of hydrogen-bond acceptors (Lipinski definition) is 2. The van der Waals surface area contributed by atoms with Crippen LogP contribution in [0.2, 0.25) is 0 Å². The van der Waals surface area contributed by atoms with Crippen molar-refractivity contribution in [2.45, 2.75) is 32.2 Å². The second-order valence-corrected chi connectivity index (χ2v) is 5.19. The second kappa shape index (κ2) is 4.69. The van der Waals surface area contributed by atoms with Crippen LogP contribution in [0.25, 0.3) is 0 Å². The van der Waals surface area contributed by atoms with E-state index in [1.807, 2.05) is 6.07 Å². The monoisotopic (exact) mass is 248 g/mol. The molecule has 1 aromatic rings. The molecule has 1 aliphatic heterocycles. The number of hydrogen-bond donors (Lipinski definition) is 2. The summed E-state index contributed by atoms with van der Waals surface area (Å²) in [6, 6.07) is 3.57. The van der Waals surface area contributed by atoms with Crippen molar-refractivity contribution in [3.63, 3.8) is 0 Å². The Morgan fingerprint density at radius 1 is 1.44 bits per heavy atom. The van der Waals surface area contributed by atoms with Gasteiger partial charge in [0, 0.05) is 13.0 Å². The number of carbonyl (C=O) groups is 1. The van der Waals surface area contributed by atoms with Gasteiger partial charge in [-0.1, -0.05) is 6.07 Å². The first-order chi connectivity index (χ1) is 8.74. The minimum atomic E-state index is -0.252. The van der Waals surface area contributed by atoms with E-state index in [2.05, 4.69) is 10.6 Å². The van der Waals surface area contributed by atoms with E-state index in [9.17, 15) is 9.18 Å². The Balaban J connectivity index is 1.77. The maximum absolute atomic E-state index is 14.2. The largest absolute Gasteiger partial charge is 0.324 e. The van der Waals surface area contributed by atoms with Crippen LogP contribution in [0.4, 0.5) is 10.1 Å². The summed E-state index contributed by atoms with van der Waals surface area (Å²) in [6.45, 7) is 1.51. The van der Waals surface area contributed by atoms with E-state index in [1.165, 1.54) is 0 Å². The number of fused-ring (bicyclic) bond motifs is 1. The van der Waals surface area contributed by atoms with E-state index in [0.29, 0.717) is 31.0 Å². The molecule has 96 valence electrons. The number of nitrogens with one attached hydrogen (secondary N) is 2. The zero-order valence-corrected chi connectivity index (χ0v) is 10.3. The van der Waals surface area contributed by atoms with Crippen molar-refractivity contribution in [2.24, 2.45) is 5.92 Å². The van der Waals surface area contributed by atoms with Crippen LogP contribution in [0.1, 0.15) is 30.4 Å². The molecular weight excluding hydrogens is 231 g/mol. The quantitative estimate of drug-likeness (QED) is 0.861. The molecule has 18 heavy (non-hydrogen) atoms. The minimum Gasteiger partial charge on any atom is -0.324 e. The Hall–Kier alpha value is -1.42. The van der Waals surface area contributed by atoms with Crippen LogP contribution in [0.15, 0.2) is 12.1 Å². The molecule has 0 aromatic heterocycles. The van der Waals surface area contributed by atoms with Crippen molar-refractivity contribution in [3.05, 3.63) is 29.1 Å². The van der Waals surface area contributed by atoms with E-state index in [4.69, 9.17) is 0 Å². The third-order valence-corrected chi connectivity index (χ3v) is 3.65. The second-order valence-electron chi connectivity index (χ2n) is 5.19. The zero-order valence-electron chi connectivity index (χ0n) is 10.3. The van der Waals surface area contributed by atoms with Crippen molar-refractivity contribution in [2.75, 3.05) is 11.9 Å². The van der Waals surface area contributed by atoms with Gasteiger partial charge in [-0.3, -0.25) is 4.79 Å². The number of benzene rings is 1. The van der Waals surface area contributed by atoms with Gasteiger partial charge in [0.1, 0.15) is 5.82 Å². The lowest BCUT2D eigenvalue weighted by Crippen LogP contribution is -2.25. The summed E-state index contributed by atoms with van der Waals surface area (Å²) in [6.07, 6.45) is 3.48. The zero-order chi connectivity index (χ0) is 12.5. The van der Waals surface area contributed by atoms with Crippen LogP contribution in [0.3, 0.4) is 0 Å². The van der Waals surface area contributed by atoms with E-state index in [0.717, 1.165) is 30.5 Å². The molecule has 0 radical (unpaired) electrons. The predicted octanol–water partition coefficient (Wildman–Crippen LogP) is 2.21. The fourth-order valence-corrected chi connectivity index (χ4v) is 2.42. The highest BCUT2D eigenvalue weighted by atomic mass is 19.1. The molecule has 0 atom stereocenters. The van der Waals surface area contributed by atoms with Gasteiger partial charge in [0.2, 0.25) is 5.91 Å². The summed E-state index contributed by atoms with van der Waals surface area (Å²) in [5.41, 5.74) is 2.08. The number of halogens is 1. The summed E-state index contributed by atoms with van der Waals surface area (Å²) < 4.78 is 14.2. The smallest absolute Gasteiger partial charge is 0.224 e. The minimum absolute atomic E-state index is 0.0646. The normalized spacial score (nSPS) is 18.3. The van der Waals surface area contributed by atoms with Crippen LogP contribution in [-0.4, -0.2) is 12.5 Å². The van der Waals surface area contributed by atoms with Gasteiger partial charge in [-0.15, -0.1) is 0 Å². The third kappa shape index (κ3) is 2.38. The molecule has 0 saturated heterocycles. The lowest BCUT2D eigenvalue weighted by molar-refractivity contribution is -0.116. The molecular formula is C14H17FN2O. The summed E-state index contributed by atoms with van der Waals surface area (Å²) in [5.74, 6) is 0.207. The van der Waals surface area contributed by atoms with E-state index in [1.54, 1.807) is 6.07 Å². The maximum atomic E-state index is 14.2. The SMILES string of the molecule is O=C(CC1CC1)Nc1ccc2c(c1F)CCNC2. The fraction of sp³-hybridized carbons (Fsp3) is 0.500. The highest BCUT2D eigenvalue weighted by Crippen LogP contribution is 2.33. The lowest BCUT2D eigenvalue weighted by Gasteiger charge is -2.19. The Morgan fingerprint density at radius 3 is 3.06 bits per heavy atom. The first kappa shape index (κ1) is 11.7. The van der Waals surface area contributed by atoms with Gasteiger partial charge in [0.15, 0.2) is 0 Å². The highest BCUT2D eigenvalue weighted by molar-refractivity contribution is 5.91. The molecule has 2 aliphatic rings. The van der Waals surface area contributed by atoms with Gasteiger partial charge in [-0.25, -0.2) is 4.39 Å². The molecule has 1 amide bonds. The molecule has 1 aromatic carbocycles. The van der Waals surface area contributed by atoms with Crippen molar-refractivity contribution in [3.8, 4) is 0 Å². The standard InChI is InChI=1S/C14H17FN2O/c15-14-11-5-6-16-8-10(11)3-4-12(14)17-13(18)7-9-1-2-9/h3-4,9,16H,1-2,5-8H2,(H,17,18). The molecule has 0 spiro atoms. The molecule has 1 fully saturated rings. The van der Waals surface area contributed by atoms with Gasteiger partial charge in [0.05, 0.1) is 5.69 Å². The van der Waals surface area contributed by atoms with E-state index < -0.39 is 0 Å². The van der Waals surface area contributed by atoms with Crippen molar-refractivity contribution < 1.29 is 9.18 Å². The average Bonchev–Trinajstić information content (AvgIpc) is 3.17. The molecule has 0 bridgehead atoms. The van der Waals surface area contributed by atoms with Crippen LogP contribution < -0.4 is 10.6 Å². The third-order valence-electron chi connectivity index (χ3n) is 3.65. The summed E-state index contributed by atoms with van der Waals surface area (Å²) >= 11 is 0. The van der Waals surface area contributed by atoms with Crippen molar-refractivity contribution in [1.29, 1.82) is 0 Å². The Morgan fingerprint density at radius 2 is 2.28 bits per heavy atom.